The van der Waals surface area contributed by atoms with Gasteiger partial charge in [0.2, 0.25) is 0 Å². The average Bonchev–Trinajstić information content (AvgIpc) is 3.11. The van der Waals surface area contributed by atoms with Gasteiger partial charge in [-0.25, -0.2) is 4.79 Å². The summed E-state index contributed by atoms with van der Waals surface area (Å²) in [5.74, 6) is 0.866. The zero-order chi connectivity index (χ0) is 16.9. The van der Waals surface area contributed by atoms with E-state index in [0.717, 1.165) is 18.9 Å². The molecule has 1 heterocycles. The molecule has 2 aliphatic rings. The Morgan fingerprint density at radius 3 is 2.57 bits per heavy atom. The average molecular weight is 325 g/mol. The molecule has 0 bridgehead atoms. The van der Waals surface area contributed by atoms with Crippen LogP contribution in [-0.4, -0.2) is 48.3 Å². The molecule has 3 N–H and O–H groups in total. The number of alkyl carbamates (subject to hydrolysis) is 1. The van der Waals surface area contributed by atoms with Crippen LogP contribution >= 0.6 is 0 Å². The van der Waals surface area contributed by atoms with Crippen molar-refractivity contribution >= 4 is 6.09 Å². The molecule has 2 atom stereocenters. The van der Waals surface area contributed by atoms with E-state index in [-0.39, 0.29) is 6.09 Å². The molecule has 23 heavy (non-hydrogen) atoms. The first-order valence-corrected chi connectivity index (χ1v) is 9.33. The van der Waals surface area contributed by atoms with Crippen LogP contribution in [0.4, 0.5) is 4.79 Å². The van der Waals surface area contributed by atoms with Crippen LogP contribution in [0.2, 0.25) is 0 Å². The monoisotopic (exact) mass is 325 g/mol. The lowest BCUT2D eigenvalue weighted by Crippen LogP contribution is -2.47. The number of hydrogen-bond donors (Lipinski definition) is 2. The van der Waals surface area contributed by atoms with Crippen molar-refractivity contribution in [2.45, 2.75) is 83.4 Å². The lowest BCUT2D eigenvalue weighted by Gasteiger charge is -2.35. The number of nitrogens with two attached hydrogens (primary N) is 1. The summed E-state index contributed by atoms with van der Waals surface area (Å²) in [5, 5.41) is 2.87. The molecule has 0 aromatic heterocycles. The summed E-state index contributed by atoms with van der Waals surface area (Å²) in [7, 11) is 0. The van der Waals surface area contributed by atoms with Gasteiger partial charge in [-0.05, 0) is 65.3 Å². The highest BCUT2D eigenvalue weighted by Gasteiger charge is 2.36. The van der Waals surface area contributed by atoms with Gasteiger partial charge in [0, 0.05) is 25.2 Å². The molecule has 1 saturated carbocycles. The first-order valence-electron chi connectivity index (χ1n) is 9.33. The number of rotatable bonds is 6. The Hall–Kier alpha value is -0.810. The number of likely N-dealkylation sites (tertiary alicyclic amines) is 1. The largest absolute Gasteiger partial charge is 0.444 e. The number of hydrogen-bond acceptors (Lipinski definition) is 4. The summed E-state index contributed by atoms with van der Waals surface area (Å²) in [6.45, 7) is 8.10. The quantitative estimate of drug-likeness (QED) is 0.788. The third-order valence-corrected chi connectivity index (χ3v) is 5.17. The lowest BCUT2D eigenvalue weighted by molar-refractivity contribution is 0.0519. The molecule has 0 radical (unpaired) electrons. The zero-order valence-corrected chi connectivity index (χ0v) is 15.1. The summed E-state index contributed by atoms with van der Waals surface area (Å²) in [4.78, 5) is 14.4. The molecule has 2 fully saturated rings. The van der Waals surface area contributed by atoms with Gasteiger partial charge in [-0.2, -0.15) is 0 Å². The van der Waals surface area contributed by atoms with Crippen LogP contribution in [0.3, 0.4) is 0 Å². The molecule has 1 aliphatic carbocycles. The van der Waals surface area contributed by atoms with E-state index in [2.05, 4.69) is 10.2 Å². The SMILES string of the molecule is CC(C)(C)OC(=O)NCCC(CN)N1CCCC1C1CCCC1. The van der Waals surface area contributed by atoms with Crippen molar-refractivity contribution in [3.63, 3.8) is 0 Å². The van der Waals surface area contributed by atoms with E-state index >= 15 is 0 Å². The topological polar surface area (TPSA) is 67.6 Å². The fraction of sp³-hybridized carbons (Fsp3) is 0.944. The van der Waals surface area contributed by atoms with Crippen LogP contribution in [0.15, 0.2) is 0 Å². The summed E-state index contributed by atoms with van der Waals surface area (Å²) in [6.07, 6.45) is 8.73. The van der Waals surface area contributed by atoms with Gasteiger partial charge in [0.1, 0.15) is 5.60 Å². The van der Waals surface area contributed by atoms with Crippen LogP contribution < -0.4 is 11.1 Å². The van der Waals surface area contributed by atoms with Crippen LogP contribution in [0.5, 0.6) is 0 Å². The fourth-order valence-electron chi connectivity index (χ4n) is 4.19. The molecule has 5 heteroatoms. The minimum atomic E-state index is -0.445. The van der Waals surface area contributed by atoms with Gasteiger partial charge in [-0.15, -0.1) is 0 Å². The molecule has 2 unspecified atom stereocenters. The number of carbonyl (C=O) groups excluding carboxylic acids is 1. The second-order valence-electron chi connectivity index (χ2n) is 8.10. The second kappa shape index (κ2) is 8.34. The summed E-state index contributed by atoms with van der Waals surface area (Å²) in [6, 6.07) is 1.09. The highest BCUT2D eigenvalue weighted by molar-refractivity contribution is 5.67. The highest BCUT2D eigenvalue weighted by Crippen LogP contribution is 2.36. The van der Waals surface area contributed by atoms with E-state index in [4.69, 9.17) is 10.5 Å². The molecule has 5 nitrogen and oxygen atoms in total. The minimum Gasteiger partial charge on any atom is -0.444 e. The van der Waals surface area contributed by atoms with Gasteiger partial charge < -0.3 is 15.8 Å². The molecule has 1 amide bonds. The van der Waals surface area contributed by atoms with E-state index in [9.17, 15) is 4.79 Å². The molecule has 2 rings (SSSR count). The maximum atomic E-state index is 11.7. The Morgan fingerprint density at radius 2 is 1.96 bits per heavy atom. The Kier molecular flexibility index (Phi) is 6.72. The number of amides is 1. The van der Waals surface area contributed by atoms with Gasteiger partial charge in [-0.3, -0.25) is 4.90 Å². The van der Waals surface area contributed by atoms with Crippen molar-refractivity contribution in [1.29, 1.82) is 0 Å². The van der Waals surface area contributed by atoms with Crippen molar-refractivity contribution in [2.75, 3.05) is 19.6 Å². The standard InChI is InChI=1S/C18H35N3O2/c1-18(2,3)23-17(22)20-11-10-15(13-19)21-12-6-9-16(21)14-7-4-5-8-14/h14-16H,4-13,19H2,1-3H3,(H,20,22). The summed E-state index contributed by atoms with van der Waals surface area (Å²) in [5.41, 5.74) is 5.60. The number of ether oxygens (including phenoxy) is 1. The number of nitrogens with one attached hydrogen (secondary N) is 1. The molecule has 1 saturated heterocycles. The molecule has 1 aliphatic heterocycles. The van der Waals surface area contributed by atoms with Crippen LogP contribution in [0, 0.1) is 5.92 Å². The van der Waals surface area contributed by atoms with Gasteiger partial charge >= 0.3 is 6.09 Å². The number of carbonyl (C=O) groups is 1. The Bertz CT molecular complexity index is 375. The van der Waals surface area contributed by atoms with Crippen LogP contribution in [0.25, 0.3) is 0 Å². The van der Waals surface area contributed by atoms with Crippen molar-refractivity contribution in [1.82, 2.24) is 10.2 Å². The summed E-state index contributed by atoms with van der Waals surface area (Å²) < 4.78 is 5.29. The molecule has 0 spiro atoms. The first kappa shape index (κ1) is 18.5. The van der Waals surface area contributed by atoms with E-state index in [1.165, 1.54) is 38.5 Å². The third kappa shape index (κ3) is 5.64. The molecular weight excluding hydrogens is 290 g/mol. The molecule has 134 valence electrons. The van der Waals surface area contributed by atoms with Crippen molar-refractivity contribution in [3.8, 4) is 0 Å². The van der Waals surface area contributed by atoms with Gasteiger partial charge in [0.05, 0.1) is 0 Å². The highest BCUT2D eigenvalue weighted by atomic mass is 16.6. The fourth-order valence-corrected chi connectivity index (χ4v) is 4.19. The summed E-state index contributed by atoms with van der Waals surface area (Å²) >= 11 is 0. The Labute approximate surface area is 141 Å². The van der Waals surface area contributed by atoms with Gasteiger partial charge in [-0.1, -0.05) is 12.8 Å². The van der Waals surface area contributed by atoms with E-state index in [0.29, 0.717) is 25.2 Å². The van der Waals surface area contributed by atoms with Crippen molar-refractivity contribution < 1.29 is 9.53 Å². The van der Waals surface area contributed by atoms with E-state index < -0.39 is 5.60 Å². The van der Waals surface area contributed by atoms with E-state index in [1.54, 1.807) is 0 Å². The van der Waals surface area contributed by atoms with Crippen molar-refractivity contribution in [3.05, 3.63) is 0 Å². The maximum Gasteiger partial charge on any atom is 0.407 e. The molecule has 0 aromatic rings. The normalized spacial score (nSPS) is 24.8. The smallest absolute Gasteiger partial charge is 0.407 e. The van der Waals surface area contributed by atoms with Crippen LogP contribution in [0.1, 0.15) is 65.7 Å². The predicted molar refractivity (Wildman–Crippen MR) is 93.4 cm³/mol. The molecule has 0 aromatic carbocycles. The van der Waals surface area contributed by atoms with Gasteiger partial charge in [0.25, 0.3) is 0 Å². The van der Waals surface area contributed by atoms with Gasteiger partial charge in [0.15, 0.2) is 0 Å². The Morgan fingerprint density at radius 1 is 1.26 bits per heavy atom. The second-order valence-corrected chi connectivity index (χ2v) is 8.10. The molecular formula is C18H35N3O2. The third-order valence-electron chi connectivity index (χ3n) is 5.17. The maximum absolute atomic E-state index is 11.7. The number of nitrogens with zero attached hydrogens (tertiary/aromatic N) is 1. The Balaban J connectivity index is 1.78. The van der Waals surface area contributed by atoms with Crippen LogP contribution in [-0.2, 0) is 4.74 Å². The predicted octanol–water partition coefficient (Wildman–Crippen LogP) is 2.88. The van der Waals surface area contributed by atoms with Crippen molar-refractivity contribution in [2.24, 2.45) is 11.7 Å². The first-order chi connectivity index (χ1) is 10.9. The van der Waals surface area contributed by atoms with E-state index in [1.807, 2.05) is 20.8 Å². The lowest BCUT2D eigenvalue weighted by atomic mass is 9.94. The minimum absolute atomic E-state index is 0.331. The zero-order valence-electron chi connectivity index (χ0n) is 15.1.